The quantitative estimate of drug-likeness (QED) is 0.834. The summed E-state index contributed by atoms with van der Waals surface area (Å²) in [5, 5.41) is 3.68. The van der Waals surface area contributed by atoms with Crippen molar-refractivity contribution in [1.29, 1.82) is 0 Å². The molecule has 0 unspecified atom stereocenters. The lowest BCUT2D eigenvalue weighted by Gasteiger charge is -2.06. The van der Waals surface area contributed by atoms with Gasteiger partial charge in [0.1, 0.15) is 0 Å². The van der Waals surface area contributed by atoms with E-state index in [0.717, 1.165) is 24.4 Å². The zero-order valence-corrected chi connectivity index (χ0v) is 12.1. The van der Waals surface area contributed by atoms with Gasteiger partial charge in [0, 0.05) is 36.9 Å². The molecule has 0 spiro atoms. The minimum atomic E-state index is 0.117. The van der Waals surface area contributed by atoms with Gasteiger partial charge in [0.25, 0.3) is 0 Å². The normalized spacial score (nSPS) is 10.4. The molecule has 1 heterocycles. The third-order valence-electron chi connectivity index (χ3n) is 3.14. The molecule has 1 N–H and O–H groups in total. The molecule has 0 bridgehead atoms. The molecular formula is C16H19ClN2O. The molecule has 0 fully saturated rings. The number of rotatable bonds is 7. The number of hydrogen-bond donors (Lipinski definition) is 1. The highest BCUT2D eigenvalue weighted by Crippen LogP contribution is 2.11. The van der Waals surface area contributed by atoms with Crippen molar-refractivity contribution >= 4 is 17.5 Å². The van der Waals surface area contributed by atoms with Crippen LogP contribution in [0, 0.1) is 0 Å². The third-order valence-corrected chi connectivity index (χ3v) is 3.39. The van der Waals surface area contributed by atoms with Crippen LogP contribution < -0.4 is 5.32 Å². The summed E-state index contributed by atoms with van der Waals surface area (Å²) in [7, 11) is 0. The lowest BCUT2D eigenvalue weighted by molar-refractivity contribution is -0.121. The summed E-state index contributed by atoms with van der Waals surface area (Å²) in [6.45, 7) is 1.49. The second-order valence-corrected chi connectivity index (χ2v) is 5.19. The van der Waals surface area contributed by atoms with Crippen molar-refractivity contribution in [3.63, 3.8) is 0 Å². The maximum absolute atomic E-state index is 11.7. The zero-order valence-electron chi connectivity index (χ0n) is 11.4. The van der Waals surface area contributed by atoms with Crippen molar-refractivity contribution in [2.45, 2.75) is 25.8 Å². The lowest BCUT2D eigenvalue weighted by atomic mass is 10.1. The van der Waals surface area contributed by atoms with E-state index in [4.69, 9.17) is 11.6 Å². The van der Waals surface area contributed by atoms with Crippen LogP contribution in [0.5, 0.6) is 0 Å². The molecule has 1 aromatic heterocycles. The van der Waals surface area contributed by atoms with E-state index in [0.29, 0.717) is 13.0 Å². The van der Waals surface area contributed by atoms with E-state index in [1.807, 2.05) is 53.4 Å². The topological polar surface area (TPSA) is 34.0 Å². The predicted octanol–water partition coefficient (Wildman–Crippen LogP) is 3.28. The molecule has 0 atom stereocenters. The van der Waals surface area contributed by atoms with E-state index in [1.54, 1.807) is 0 Å². The van der Waals surface area contributed by atoms with Gasteiger partial charge in [-0.25, -0.2) is 0 Å². The summed E-state index contributed by atoms with van der Waals surface area (Å²) < 4.78 is 2.05. The van der Waals surface area contributed by atoms with Crippen LogP contribution in [-0.4, -0.2) is 17.0 Å². The van der Waals surface area contributed by atoms with Crippen molar-refractivity contribution in [2.24, 2.45) is 0 Å². The van der Waals surface area contributed by atoms with Crippen molar-refractivity contribution in [2.75, 3.05) is 6.54 Å². The highest BCUT2D eigenvalue weighted by molar-refractivity contribution is 6.30. The number of amides is 1. The van der Waals surface area contributed by atoms with Gasteiger partial charge in [0.15, 0.2) is 0 Å². The van der Waals surface area contributed by atoms with Crippen LogP contribution in [0.1, 0.15) is 18.4 Å². The average molecular weight is 291 g/mol. The fourth-order valence-electron chi connectivity index (χ4n) is 2.04. The Kier molecular flexibility index (Phi) is 5.69. The molecule has 0 aliphatic rings. The van der Waals surface area contributed by atoms with Crippen molar-refractivity contribution < 1.29 is 4.79 Å². The van der Waals surface area contributed by atoms with Gasteiger partial charge in [-0.15, -0.1) is 0 Å². The molecule has 2 aromatic rings. The fourth-order valence-corrected chi connectivity index (χ4v) is 2.16. The summed E-state index contributed by atoms with van der Waals surface area (Å²) in [6, 6.07) is 11.7. The van der Waals surface area contributed by atoms with Gasteiger partial charge in [0.2, 0.25) is 5.91 Å². The van der Waals surface area contributed by atoms with E-state index in [1.165, 1.54) is 5.56 Å². The number of carbonyl (C=O) groups excluding carboxylic acids is 1. The van der Waals surface area contributed by atoms with Crippen LogP contribution in [0.2, 0.25) is 5.02 Å². The Bertz CT molecular complexity index is 520. The number of nitrogens with zero attached hydrogens (tertiary/aromatic N) is 1. The summed E-state index contributed by atoms with van der Waals surface area (Å²) in [6.07, 6.45) is 6.31. The molecule has 0 aliphatic heterocycles. The van der Waals surface area contributed by atoms with E-state index >= 15 is 0 Å². The van der Waals surface area contributed by atoms with Crippen molar-refractivity contribution in [1.82, 2.24) is 9.88 Å². The Morgan fingerprint density at radius 3 is 2.55 bits per heavy atom. The molecule has 20 heavy (non-hydrogen) atoms. The lowest BCUT2D eigenvalue weighted by Crippen LogP contribution is -2.26. The Morgan fingerprint density at radius 2 is 1.85 bits per heavy atom. The summed E-state index contributed by atoms with van der Waals surface area (Å²) >= 11 is 5.83. The summed E-state index contributed by atoms with van der Waals surface area (Å²) in [4.78, 5) is 11.7. The Hall–Kier alpha value is -1.74. The van der Waals surface area contributed by atoms with Crippen LogP contribution in [-0.2, 0) is 17.8 Å². The molecular weight excluding hydrogens is 272 g/mol. The number of carbonyl (C=O) groups is 1. The maximum Gasteiger partial charge on any atom is 0.220 e. The molecule has 0 radical (unpaired) electrons. The van der Waals surface area contributed by atoms with E-state index in [-0.39, 0.29) is 5.91 Å². The van der Waals surface area contributed by atoms with Crippen LogP contribution in [0.15, 0.2) is 48.8 Å². The fraction of sp³-hybridized carbons (Fsp3) is 0.312. The molecule has 0 saturated carbocycles. The Balaban J connectivity index is 1.59. The summed E-state index contributed by atoms with van der Waals surface area (Å²) in [5.74, 6) is 0.117. The van der Waals surface area contributed by atoms with Gasteiger partial charge in [-0.2, -0.15) is 0 Å². The Morgan fingerprint density at radius 1 is 1.15 bits per heavy atom. The Labute approximate surface area is 124 Å². The minimum absolute atomic E-state index is 0.117. The van der Waals surface area contributed by atoms with Gasteiger partial charge in [-0.3, -0.25) is 4.79 Å². The largest absolute Gasteiger partial charge is 0.354 e. The van der Waals surface area contributed by atoms with Crippen LogP contribution in [0.3, 0.4) is 0 Å². The highest BCUT2D eigenvalue weighted by Gasteiger charge is 2.01. The van der Waals surface area contributed by atoms with Gasteiger partial charge in [0.05, 0.1) is 0 Å². The SMILES string of the molecule is O=C(CCCc1ccc(Cl)cc1)NCCn1cccc1. The van der Waals surface area contributed by atoms with Gasteiger partial charge in [-0.1, -0.05) is 23.7 Å². The first kappa shape index (κ1) is 14.7. The molecule has 1 aromatic carbocycles. The van der Waals surface area contributed by atoms with Crippen LogP contribution >= 0.6 is 11.6 Å². The predicted molar refractivity (Wildman–Crippen MR) is 81.8 cm³/mol. The monoisotopic (exact) mass is 290 g/mol. The number of hydrogen-bond acceptors (Lipinski definition) is 1. The van der Waals surface area contributed by atoms with Gasteiger partial charge in [-0.05, 0) is 42.7 Å². The second kappa shape index (κ2) is 7.75. The van der Waals surface area contributed by atoms with Gasteiger partial charge >= 0.3 is 0 Å². The maximum atomic E-state index is 11.7. The standard InChI is InChI=1S/C16H19ClN2O/c17-15-8-6-14(7-9-15)4-3-5-16(20)18-10-13-19-11-1-2-12-19/h1-2,6-9,11-12H,3-5,10,13H2,(H,18,20). The number of aromatic nitrogens is 1. The number of halogens is 1. The number of benzene rings is 1. The third kappa shape index (κ3) is 5.10. The smallest absolute Gasteiger partial charge is 0.220 e. The molecule has 2 rings (SSSR count). The molecule has 106 valence electrons. The van der Waals surface area contributed by atoms with Crippen molar-refractivity contribution in [3.8, 4) is 0 Å². The second-order valence-electron chi connectivity index (χ2n) is 4.75. The summed E-state index contributed by atoms with van der Waals surface area (Å²) in [5.41, 5.74) is 1.22. The molecule has 3 nitrogen and oxygen atoms in total. The molecule has 1 amide bonds. The van der Waals surface area contributed by atoms with E-state index in [2.05, 4.69) is 5.32 Å². The van der Waals surface area contributed by atoms with Crippen LogP contribution in [0.4, 0.5) is 0 Å². The van der Waals surface area contributed by atoms with Gasteiger partial charge < -0.3 is 9.88 Å². The average Bonchev–Trinajstić information content (AvgIpc) is 2.94. The van der Waals surface area contributed by atoms with E-state index in [9.17, 15) is 4.79 Å². The minimum Gasteiger partial charge on any atom is -0.354 e. The molecule has 0 aliphatic carbocycles. The highest BCUT2D eigenvalue weighted by atomic mass is 35.5. The first-order valence-electron chi connectivity index (χ1n) is 6.86. The number of aryl methyl sites for hydroxylation is 1. The number of nitrogens with one attached hydrogen (secondary N) is 1. The van der Waals surface area contributed by atoms with E-state index < -0.39 is 0 Å². The first-order chi connectivity index (χ1) is 9.74. The molecule has 0 saturated heterocycles. The van der Waals surface area contributed by atoms with Crippen LogP contribution in [0.25, 0.3) is 0 Å². The first-order valence-corrected chi connectivity index (χ1v) is 7.24. The van der Waals surface area contributed by atoms with Crippen molar-refractivity contribution in [3.05, 3.63) is 59.4 Å². The molecule has 4 heteroatoms. The zero-order chi connectivity index (χ0) is 14.2.